The Morgan fingerprint density at radius 1 is 0.307 bits per heavy atom. The number of hydrogen-bond donors (Lipinski definition) is 0. The van der Waals surface area contributed by atoms with Crippen molar-refractivity contribution in [3.8, 4) is 11.1 Å². The van der Waals surface area contributed by atoms with Gasteiger partial charge in [0.15, 0.2) is 0 Å². The number of benzene rings is 12. The molecule has 7 heteroatoms. The molecule has 4 heterocycles. The van der Waals surface area contributed by atoms with E-state index in [9.17, 15) is 0 Å². The number of fused-ring (bicyclic) bond motifs is 10. The van der Waals surface area contributed by atoms with Crippen LogP contribution in [0, 0.1) is 0 Å². The Bertz CT molecular complexity index is 4190. The van der Waals surface area contributed by atoms with Crippen molar-refractivity contribution in [3.05, 3.63) is 261 Å². The first kappa shape index (κ1) is 42.9. The van der Waals surface area contributed by atoms with Crippen molar-refractivity contribution in [3.63, 3.8) is 0 Å². The van der Waals surface area contributed by atoms with Crippen molar-refractivity contribution in [2.24, 2.45) is 0 Å². The summed E-state index contributed by atoms with van der Waals surface area (Å²) < 4.78 is 0. The van der Waals surface area contributed by atoms with Crippen LogP contribution in [-0.4, -0.2) is 13.4 Å². The van der Waals surface area contributed by atoms with Gasteiger partial charge in [-0.15, -0.1) is 0 Å². The molecule has 0 N–H and O–H groups in total. The summed E-state index contributed by atoms with van der Waals surface area (Å²) in [4.78, 5) is 12.7. The predicted molar refractivity (Wildman–Crippen MR) is 321 cm³/mol. The largest absolute Gasteiger partial charge is 0.311 e. The Hall–Kier alpha value is -8.61. The first-order valence-corrected chi connectivity index (χ1v) is 27.4. The van der Waals surface area contributed by atoms with Gasteiger partial charge < -0.3 is 14.7 Å². The van der Waals surface area contributed by atoms with E-state index >= 15 is 0 Å². The fraction of sp³-hybridized carbons (Fsp3) is 0. The molecule has 0 atom stereocenters. The maximum absolute atomic E-state index is 2.63. The molecule has 75 heavy (non-hydrogen) atoms. The van der Waals surface area contributed by atoms with Gasteiger partial charge in [-0.25, -0.2) is 0 Å². The first-order valence-electron chi connectivity index (χ1n) is 25.8. The Morgan fingerprint density at radius 3 is 1.28 bits per heavy atom. The van der Waals surface area contributed by atoms with Gasteiger partial charge in [0.1, 0.15) is 0 Å². The predicted octanol–water partition coefficient (Wildman–Crippen LogP) is 14.7. The van der Waals surface area contributed by atoms with Crippen molar-refractivity contribution in [1.29, 1.82) is 0 Å². The quantitative estimate of drug-likeness (QED) is 0.121. The average Bonchev–Trinajstić information content (AvgIpc) is 3.52. The minimum absolute atomic E-state index is 0.0104. The van der Waals surface area contributed by atoms with Gasteiger partial charge >= 0.3 is 0 Å². The van der Waals surface area contributed by atoms with E-state index in [-0.39, 0.29) is 13.4 Å². The smallest absolute Gasteiger partial charge is 0.249 e. The molecule has 0 fully saturated rings. The second-order valence-electron chi connectivity index (χ2n) is 19.9. The van der Waals surface area contributed by atoms with Crippen molar-refractivity contribution < 1.29 is 0 Å². The van der Waals surface area contributed by atoms with Crippen molar-refractivity contribution >= 4 is 142 Å². The summed E-state index contributed by atoms with van der Waals surface area (Å²) in [5, 5.41) is 5.04. The Balaban J connectivity index is 0.945. The van der Waals surface area contributed by atoms with Gasteiger partial charge in [-0.3, -0.25) is 0 Å². The van der Waals surface area contributed by atoms with E-state index in [0.29, 0.717) is 0 Å². The first-order chi connectivity index (χ1) is 37.2. The standard InChI is InChI=1S/C68H43B2N3S2/c1-5-23-47(24-6-1)71(48-25-7-2-8-26-48)51-40-61-68-65(41-51)75-63-43-62-56(42-57(63)70(68)55-34-18-20-36-59(55)73(61)50-29-11-4-12-30-50)69-54-33-17-19-35-58(54)72(49-27-9-3-10-28-49)60-38-46(39-64(74-62)67(60)69)66-52-31-15-13-21-44(52)37-45-22-14-16-32-53(45)66/h1-43H. The fourth-order valence-electron chi connectivity index (χ4n) is 12.8. The minimum Gasteiger partial charge on any atom is -0.311 e. The van der Waals surface area contributed by atoms with Crippen LogP contribution in [0.4, 0.5) is 51.2 Å². The lowest BCUT2D eigenvalue weighted by Gasteiger charge is -2.43. The molecule has 0 unspecified atom stereocenters. The highest BCUT2D eigenvalue weighted by molar-refractivity contribution is 8.01. The van der Waals surface area contributed by atoms with Gasteiger partial charge in [0.2, 0.25) is 13.4 Å². The molecular weight excluding hydrogens is 945 g/mol. The van der Waals surface area contributed by atoms with Crippen LogP contribution >= 0.6 is 23.5 Å². The van der Waals surface area contributed by atoms with Crippen LogP contribution in [0.15, 0.2) is 280 Å². The lowest BCUT2D eigenvalue weighted by atomic mass is 9.32. The normalized spacial score (nSPS) is 13.4. The third-order valence-corrected chi connectivity index (χ3v) is 18.1. The zero-order valence-electron chi connectivity index (χ0n) is 40.6. The van der Waals surface area contributed by atoms with E-state index in [4.69, 9.17) is 0 Å². The van der Waals surface area contributed by atoms with Crippen molar-refractivity contribution in [1.82, 2.24) is 0 Å². The van der Waals surface area contributed by atoms with E-state index in [0.717, 1.165) is 28.4 Å². The minimum atomic E-state index is 0.0104. The van der Waals surface area contributed by atoms with Crippen LogP contribution in [0.5, 0.6) is 0 Å². The van der Waals surface area contributed by atoms with Crippen LogP contribution < -0.4 is 47.5 Å². The van der Waals surface area contributed by atoms with Crippen LogP contribution in [0.1, 0.15) is 0 Å². The molecule has 348 valence electrons. The molecule has 0 saturated carbocycles. The molecule has 0 bridgehead atoms. The summed E-state index contributed by atoms with van der Waals surface area (Å²) in [5.74, 6) is 0. The number of anilines is 9. The number of rotatable bonds is 6. The summed E-state index contributed by atoms with van der Waals surface area (Å²) >= 11 is 3.89. The van der Waals surface area contributed by atoms with E-state index in [1.54, 1.807) is 0 Å². The number of nitrogens with zero attached hydrogens (tertiary/aromatic N) is 3. The Morgan fingerprint density at radius 2 is 0.747 bits per heavy atom. The van der Waals surface area contributed by atoms with Gasteiger partial charge in [-0.05, 0) is 152 Å². The fourth-order valence-corrected chi connectivity index (χ4v) is 15.3. The summed E-state index contributed by atoms with van der Waals surface area (Å²) in [5.41, 5.74) is 21.2. The molecule has 0 amide bonds. The van der Waals surface area contributed by atoms with E-state index in [1.807, 2.05) is 23.5 Å². The molecule has 0 aromatic heterocycles. The molecule has 0 spiro atoms. The van der Waals surface area contributed by atoms with Gasteiger partial charge in [-0.1, -0.05) is 198 Å². The third kappa shape index (κ3) is 6.61. The van der Waals surface area contributed by atoms with Gasteiger partial charge in [-0.2, -0.15) is 0 Å². The van der Waals surface area contributed by atoms with Crippen LogP contribution in [0.3, 0.4) is 0 Å². The molecule has 0 saturated heterocycles. The van der Waals surface area contributed by atoms with Crippen LogP contribution in [0.2, 0.25) is 0 Å². The summed E-state index contributed by atoms with van der Waals surface area (Å²) in [7, 11) is 0. The van der Waals surface area contributed by atoms with Crippen LogP contribution in [-0.2, 0) is 0 Å². The summed E-state index contributed by atoms with van der Waals surface area (Å²) in [6.45, 7) is 0.0282. The number of para-hydroxylation sites is 6. The van der Waals surface area contributed by atoms with E-state index in [2.05, 4.69) is 276 Å². The van der Waals surface area contributed by atoms with E-state index in [1.165, 1.54) is 108 Å². The second-order valence-corrected chi connectivity index (χ2v) is 22.1. The summed E-state index contributed by atoms with van der Waals surface area (Å²) in [6, 6.07) is 97.2. The second kappa shape index (κ2) is 17.0. The van der Waals surface area contributed by atoms with Crippen molar-refractivity contribution in [2.45, 2.75) is 19.6 Å². The molecule has 16 rings (SSSR count). The summed E-state index contributed by atoms with van der Waals surface area (Å²) in [6.07, 6.45) is 0. The molecule has 0 aliphatic carbocycles. The highest BCUT2D eigenvalue weighted by Crippen LogP contribution is 2.50. The maximum Gasteiger partial charge on any atom is 0.249 e. The molecule has 0 radical (unpaired) electrons. The van der Waals surface area contributed by atoms with Gasteiger partial charge in [0, 0.05) is 70.8 Å². The third-order valence-electron chi connectivity index (χ3n) is 15.8. The highest BCUT2D eigenvalue weighted by atomic mass is 32.2. The Kier molecular flexibility index (Phi) is 9.70. The SMILES string of the molecule is c1ccc(N(c2ccccc2)c2cc3c4c(c2)N(c2ccccc2)c2ccccc2B4c2cc4c(cc2S3)Sc2cc(-c3c5ccccc5cc5ccccc35)cc3c2B4c2ccccc2N3c2ccccc2)cc1. The lowest BCUT2D eigenvalue weighted by molar-refractivity contribution is 1.23. The van der Waals surface area contributed by atoms with E-state index < -0.39 is 0 Å². The Labute approximate surface area is 445 Å². The van der Waals surface area contributed by atoms with Crippen LogP contribution in [0.25, 0.3) is 32.7 Å². The molecule has 3 nitrogen and oxygen atoms in total. The molecule has 12 aromatic rings. The zero-order valence-corrected chi connectivity index (χ0v) is 42.3. The van der Waals surface area contributed by atoms with Crippen molar-refractivity contribution in [2.75, 3.05) is 14.7 Å². The number of hydrogen-bond acceptors (Lipinski definition) is 5. The highest BCUT2D eigenvalue weighted by Gasteiger charge is 2.46. The lowest BCUT2D eigenvalue weighted by Crippen LogP contribution is -2.63. The van der Waals surface area contributed by atoms with Gasteiger partial charge in [0.25, 0.3) is 0 Å². The molecule has 12 aromatic carbocycles. The monoisotopic (exact) mass is 987 g/mol. The average molecular weight is 988 g/mol. The molecule has 4 aliphatic heterocycles. The molecule has 4 aliphatic rings. The molecular formula is C68H43B2N3S2. The zero-order chi connectivity index (χ0) is 49.1. The maximum atomic E-state index is 2.63. The van der Waals surface area contributed by atoms with Gasteiger partial charge in [0.05, 0.1) is 0 Å². The topological polar surface area (TPSA) is 9.72 Å².